The number of rotatable bonds is 8. The van der Waals surface area contributed by atoms with Crippen LogP contribution in [0.5, 0.6) is 11.5 Å². The lowest BCUT2D eigenvalue weighted by Gasteiger charge is -2.20. The summed E-state index contributed by atoms with van der Waals surface area (Å²) in [6.07, 6.45) is 11.5. The van der Waals surface area contributed by atoms with E-state index in [-0.39, 0.29) is 11.9 Å². The van der Waals surface area contributed by atoms with Crippen LogP contribution in [0.2, 0.25) is 0 Å². The van der Waals surface area contributed by atoms with Crippen molar-refractivity contribution in [3.8, 4) is 23.0 Å². The minimum Gasteiger partial charge on any atom is -0.493 e. The topological polar surface area (TPSA) is 74.5 Å². The lowest BCUT2D eigenvalue weighted by atomic mass is 10.1. The Bertz CT molecular complexity index is 1090. The Morgan fingerprint density at radius 2 is 2.16 bits per heavy atom. The lowest BCUT2D eigenvalue weighted by Crippen LogP contribution is -2.16. The standard InChI is InChI=1S/C25H26N2O4/c1-17-7-6-14-26-24(17)21(28)12-11-19-16-30-25(27-19)18-10-13-22(29-2)23(15-18)31-20-8-4-3-5-9-20/h4,6-8,10,13-16,20H,3,5,9,11-12H2,1-2H3. The third kappa shape index (κ3) is 5.02. The van der Waals surface area contributed by atoms with Crippen molar-refractivity contribution in [1.82, 2.24) is 9.97 Å². The molecule has 0 amide bonds. The highest BCUT2D eigenvalue weighted by Crippen LogP contribution is 2.34. The van der Waals surface area contributed by atoms with Crippen molar-refractivity contribution in [3.63, 3.8) is 0 Å². The summed E-state index contributed by atoms with van der Waals surface area (Å²) < 4.78 is 17.3. The summed E-state index contributed by atoms with van der Waals surface area (Å²) in [5.41, 5.74) is 2.92. The maximum absolute atomic E-state index is 12.5. The van der Waals surface area contributed by atoms with Gasteiger partial charge in [0.05, 0.1) is 12.8 Å². The quantitative estimate of drug-likeness (QED) is 0.362. The first kappa shape index (κ1) is 20.8. The molecule has 0 fully saturated rings. The highest BCUT2D eigenvalue weighted by atomic mass is 16.5. The molecule has 31 heavy (non-hydrogen) atoms. The molecule has 0 spiro atoms. The van der Waals surface area contributed by atoms with Crippen LogP contribution in [0.4, 0.5) is 0 Å². The molecule has 0 bridgehead atoms. The predicted molar refractivity (Wildman–Crippen MR) is 118 cm³/mol. The molecule has 1 atom stereocenters. The third-order valence-electron chi connectivity index (χ3n) is 5.33. The fraction of sp³-hybridized carbons (Fsp3) is 0.320. The van der Waals surface area contributed by atoms with Gasteiger partial charge in [-0.3, -0.25) is 9.78 Å². The molecule has 2 heterocycles. The van der Waals surface area contributed by atoms with Crippen molar-refractivity contribution < 1.29 is 18.7 Å². The summed E-state index contributed by atoms with van der Waals surface area (Å²) in [5, 5.41) is 0. The number of benzene rings is 1. The molecule has 1 aliphatic carbocycles. The number of nitrogens with zero attached hydrogens (tertiary/aromatic N) is 2. The van der Waals surface area contributed by atoms with Gasteiger partial charge in [-0.15, -0.1) is 0 Å². The molecular formula is C25H26N2O4. The molecule has 1 aromatic carbocycles. The third-order valence-corrected chi connectivity index (χ3v) is 5.33. The molecule has 0 saturated heterocycles. The molecule has 0 saturated carbocycles. The fourth-order valence-electron chi connectivity index (χ4n) is 3.64. The van der Waals surface area contributed by atoms with Gasteiger partial charge in [0.25, 0.3) is 0 Å². The van der Waals surface area contributed by atoms with Gasteiger partial charge in [-0.05, 0) is 62.1 Å². The zero-order valence-electron chi connectivity index (χ0n) is 17.8. The number of ether oxygens (including phenoxy) is 2. The van der Waals surface area contributed by atoms with Crippen molar-refractivity contribution in [2.75, 3.05) is 7.11 Å². The molecule has 0 N–H and O–H groups in total. The molecule has 160 valence electrons. The van der Waals surface area contributed by atoms with E-state index >= 15 is 0 Å². The van der Waals surface area contributed by atoms with Crippen LogP contribution in [0, 0.1) is 6.92 Å². The van der Waals surface area contributed by atoms with Crippen LogP contribution in [0.15, 0.2) is 59.4 Å². The second-order valence-electron chi connectivity index (χ2n) is 7.62. The van der Waals surface area contributed by atoms with Gasteiger partial charge in [-0.1, -0.05) is 12.1 Å². The van der Waals surface area contributed by atoms with E-state index in [2.05, 4.69) is 22.1 Å². The summed E-state index contributed by atoms with van der Waals surface area (Å²) >= 11 is 0. The monoisotopic (exact) mass is 418 g/mol. The summed E-state index contributed by atoms with van der Waals surface area (Å²) in [4.78, 5) is 21.2. The van der Waals surface area contributed by atoms with Gasteiger partial charge >= 0.3 is 0 Å². The van der Waals surface area contributed by atoms with E-state index in [1.165, 1.54) is 0 Å². The number of allylic oxidation sites excluding steroid dienone is 1. The van der Waals surface area contributed by atoms with Crippen molar-refractivity contribution >= 4 is 5.78 Å². The minimum atomic E-state index is 0.00307. The van der Waals surface area contributed by atoms with E-state index in [1.807, 2.05) is 37.3 Å². The first-order chi connectivity index (χ1) is 15.1. The van der Waals surface area contributed by atoms with E-state index < -0.39 is 0 Å². The normalized spacial score (nSPS) is 15.6. The molecule has 3 aromatic rings. The summed E-state index contributed by atoms with van der Waals surface area (Å²) in [7, 11) is 1.63. The van der Waals surface area contributed by atoms with Crippen LogP contribution in [0.25, 0.3) is 11.5 Å². The van der Waals surface area contributed by atoms with Crippen LogP contribution < -0.4 is 9.47 Å². The highest BCUT2D eigenvalue weighted by Gasteiger charge is 2.17. The smallest absolute Gasteiger partial charge is 0.226 e. The van der Waals surface area contributed by atoms with Crippen LogP contribution in [0.3, 0.4) is 0 Å². The average molecular weight is 418 g/mol. The van der Waals surface area contributed by atoms with E-state index in [0.717, 1.165) is 36.1 Å². The molecule has 4 rings (SSSR count). The summed E-state index contributed by atoms with van der Waals surface area (Å²) in [5.74, 6) is 1.83. The van der Waals surface area contributed by atoms with Crippen LogP contribution in [-0.2, 0) is 6.42 Å². The molecule has 1 aliphatic rings. The largest absolute Gasteiger partial charge is 0.493 e. The molecule has 1 unspecified atom stereocenters. The van der Waals surface area contributed by atoms with E-state index in [0.29, 0.717) is 35.9 Å². The summed E-state index contributed by atoms with van der Waals surface area (Å²) in [6.45, 7) is 1.89. The minimum absolute atomic E-state index is 0.00307. The second-order valence-corrected chi connectivity index (χ2v) is 7.62. The number of ketones is 1. The van der Waals surface area contributed by atoms with Crippen molar-refractivity contribution in [2.45, 2.75) is 45.1 Å². The number of hydrogen-bond acceptors (Lipinski definition) is 6. The number of methoxy groups -OCH3 is 1. The van der Waals surface area contributed by atoms with Gasteiger partial charge in [-0.25, -0.2) is 4.98 Å². The summed E-state index contributed by atoms with van der Waals surface area (Å²) in [6, 6.07) is 9.35. The molecule has 2 aromatic heterocycles. The van der Waals surface area contributed by atoms with Crippen LogP contribution in [0.1, 0.15) is 47.4 Å². The van der Waals surface area contributed by atoms with Gasteiger partial charge in [0.1, 0.15) is 18.1 Å². The highest BCUT2D eigenvalue weighted by molar-refractivity contribution is 5.95. The Kier molecular flexibility index (Phi) is 6.46. The maximum atomic E-state index is 12.5. The average Bonchev–Trinajstić information content (AvgIpc) is 3.27. The van der Waals surface area contributed by atoms with Crippen LogP contribution >= 0.6 is 0 Å². The fourth-order valence-corrected chi connectivity index (χ4v) is 3.64. The van der Waals surface area contributed by atoms with Crippen molar-refractivity contribution in [3.05, 3.63) is 71.9 Å². The number of carbonyl (C=O) groups excluding carboxylic acids is 1. The Morgan fingerprint density at radius 1 is 1.26 bits per heavy atom. The Morgan fingerprint density at radius 3 is 2.94 bits per heavy atom. The molecule has 0 radical (unpaired) electrons. The number of aryl methyl sites for hydroxylation is 2. The van der Waals surface area contributed by atoms with Crippen molar-refractivity contribution in [2.24, 2.45) is 0 Å². The maximum Gasteiger partial charge on any atom is 0.226 e. The number of Topliss-reactive ketones (excluding diaryl/α,β-unsaturated/α-hetero) is 1. The second kappa shape index (κ2) is 9.60. The zero-order valence-corrected chi connectivity index (χ0v) is 17.8. The number of oxazole rings is 1. The van der Waals surface area contributed by atoms with E-state index in [1.54, 1.807) is 19.6 Å². The van der Waals surface area contributed by atoms with Gasteiger partial charge in [0.15, 0.2) is 17.3 Å². The number of hydrogen-bond donors (Lipinski definition) is 0. The Balaban J connectivity index is 1.46. The molecule has 0 aliphatic heterocycles. The molecule has 6 heteroatoms. The zero-order chi connectivity index (χ0) is 21.6. The predicted octanol–water partition coefficient (Wildman–Crippen LogP) is 5.36. The number of aromatic nitrogens is 2. The van der Waals surface area contributed by atoms with Gasteiger partial charge < -0.3 is 13.9 Å². The molecule has 6 nitrogen and oxygen atoms in total. The van der Waals surface area contributed by atoms with E-state index in [4.69, 9.17) is 13.9 Å². The number of carbonyl (C=O) groups is 1. The van der Waals surface area contributed by atoms with E-state index in [9.17, 15) is 4.79 Å². The first-order valence-electron chi connectivity index (χ1n) is 10.5. The van der Waals surface area contributed by atoms with Gasteiger partial charge in [0, 0.05) is 24.6 Å². The van der Waals surface area contributed by atoms with Crippen LogP contribution in [-0.4, -0.2) is 29.0 Å². The van der Waals surface area contributed by atoms with Crippen molar-refractivity contribution in [1.29, 1.82) is 0 Å². The first-order valence-corrected chi connectivity index (χ1v) is 10.5. The lowest BCUT2D eigenvalue weighted by molar-refractivity contribution is 0.0977. The SMILES string of the molecule is COc1ccc(-c2nc(CCC(=O)c3ncccc3C)co2)cc1OC1C=CCCC1. The van der Waals surface area contributed by atoms with Gasteiger partial charge in [0.2, 0.25) is 5.89 Å². The number of pyridine rings is 1. The van der Waals surface area contributed by atoms with Gasteiger partial charge in [-0.2, -0.15) is 0 Å². The Hall–Kier alpha value is -3.41. The molecular weight excluding hydrogens is 392 g/mol. The Labute approximate surface area is 181 Å².